The van der Waals surface area contributed by atoms with Gasteiger partial charge in [-0.25, -0.2) is 4.79 Å². The largest absolute Gasteiger partial charge is 0.495 e. The summed E-state index contributed by atoms with van der Waals surface area (Å²) >= 11 is 1.92. The van der Waals surface area contributed by atoms with Gasteiger partial charge in [-0.05, 0) is 61.9 Å². The molecule has 156 valence electrons. The van der Waals surface area contributed by atoms with E-state index < -0.39 is 0 Å². The zero-order valence-electron chi connectivity index (χ0n) is 17.5. The number of benzene rings is 1. The number of rotatable bonds is 3. The molecule has 2 aromatic heterocycles. The number of fused-ring (bicyclic) bond motifs is 5. The molecule has 6 heteroatoms. The first-order valence-corrected chi connectivity index (χ1v) is 11.5. The monoisotopic (exact) mass is 421 g/mol. The van der Waals surface area contributed by atoms with Crippen molar-refractivity contribution < 1.29 is 9.53 Å². The van der Waals surface area contributed by atoms with E-state index in [0.29, 0.717) is 18.0 Å². The predicted molar refractivity (Wildman–Crippen MR) is 121 cm³/mol. The molecule has 0 unspecified atom stereocenters. The van der Waals surface area contributed by atoms with Crippen LogP contribution in [0.5, 0.6) is 5.75 Å². The van der Waals surface area contributed by atoms with E-state index in [1.54, 1.807) is 7.11 Å². The summed E-state index contributed by atoms with van der Waals surface area (Å²) in [4.78, 5) is 17.1. The van der Waals surface area contributed by atoms with Crippen LogP contribution in [0.15, 0.2) is 42.6 Å². The molecule has 2 aliphatic rings. The highest BCUT2D eigenvalue weighted by atomic mass is 32.1. The number of methoxy groups -OCH3 is 1. The van der Waals surface area contributed by atoms with Gasteiger partial charge < -0.3 is 19.5 Å². The number of urea groups is 1. The average molecular weight is 422 g/mol. The number of carbonyl (C=O) groups excluding carboxylic acids is 1. The van der Waals surface area contributed by atoms with E-state index in [0.717, 1.165) is 19.3 Å². The van der Waals surface area contributed by atoms with Crippen LogP contribution in [-0.2, 0) is 19.4 Å². The van der Waals surface area contributed by atoms with Crippen LogP contribution in [0.25, 0.3) is 5.00 Å². The molecular formula is C24H27N3O2S. The Morgan fingerprint density at radius 2 is 2.00 bits per heavy atom. The summed E-state index contributed by atoms with van der Waals surface area (Å²) in [6.45, 7) is 2.79. The van der Waals surface area contributed by atoms with Crippen molar-refractivity contribution in [1.29, 1.82) is 0 Å². The van der Waals surface area contributed by atoms with Gasteiger partial charge >= 0.3 is 6.03 Å². The molecule has 5 rings (SSSR count). The van der Waals surface area contributed by atoms with Crippen molar-refractivity contribution in [2.45, 2.75) is 51.6 Å². The van der Waals surface area contributed by atoms with Crippen molar-refractivity contribution >= 4 is 23.1 Å². The number of nitrogens with zero attached hydrogens (tertiary/aromatic N) is 2. The van der Waals surface area contributed by atoms with Crippen LogP contribution in [0.3, 0.4) is 0 Å². The molecule has 1 aliphatic heterocycles. The van der Waals surface area contributed by atoms with Crippen molar-refractivity contribution in [3.63, 3.8) is 0 Å². The maximum atomic E-state index is 13.5. The number of anilines is 1. The lowest BCUT2D eigenvalue weighted by atomic mass is 9.95. The fraction of sp³-hybridized carbons (Fsp3) is 0.375. The lowest BCUT2D eigenvalue weighted by molar-refractivity contribution is 0.181. The number of amides is 2. The van der Waals surface area contributed by atoms with E-state index in [4.69, 9.17) is 4.74 Å². The summed E-state index contributed by atoms with van der Waals surface area (Å²) in [5, 5.41) is 4.40. The molecule has 3 heterocycles. The Hall–Kier alpha value is -2.73. The molecule has 30 heavy (non-hydrogen) atoms. The average Bonchev–Trinajstić information content (AvgIpc) is 3.36. The van der Waals surface area contributed by atoms with Crippen molar-refractivity contribution in [2.24, 2.45) is 0 Å². The zero-order valence-corrected chi connectivity index (χ0v) is 18.3. The highest BCUT2D eigenvalue weighted by Gasteiger charge is 2.34. The molecule has 0 saturated heterocycles. The molecule has 0 fully saturated rings. The number of nitrogens with one attached hydrogen (secondary N) is 1. The van der Waals surface area contributed by atoms with Gasteiger partial charge in [0.2, 0.25) is 0 Å². The molecule has 2 amide bonds. The van der Waals surface area contributed by atoms with Gasteiger partial charge in [0.15, 0.2) is 0 Å². The van der Waals surface area contributed by atoms with Crippen molar-refractivity contribution in [1.82, 2.24) is 9.47 Å². The van der Waals surface area contributed by atoms with Gasteiger partial charge in [0.05, 0.1) is 25.4 Å². The van der Waals surface area contributed by atoms with Gasteiger partial charge in [-0.3, -0.25) is 0 Å². The number of hydrogen-bond donors (Lipinski definition) is 1. The second-order valence-corrected chi connectivity index (χ2v) is 9.06. The fourth-order valence-electron chi connectivity index (χ4n) is 4.84. The third kappa shape index (κ3) is 3.10. The van der Waals surface area contributed by atoms with E-state index in [1.165, 1.54) is 39.5 Å². The molecule has 5 nitrogen and oxygen atoms in total. The highest BCUT2D eigenvalue weighted by Crippen LogP contribution is 2.43. The number of thiophene rings is 1. The van der Waals surface area contributed by atoms with Gasteiger partial charge in [0.1, 0.15) is 10.8 Å². The normalized spacial score (nSPS) is 17.5. The molecule has 1 atom stereocenters. The number of para-hydroxylation sites is 2. The van der Waals surface area contributed by atoms with Gasteiger partial charge in [-0.2, -0.15) is 0 Å². The molecule has 1 aliphatic carbocycles. The quantitative estimate of drug-likeness (QED) is 0.570. The zero-order chi connectivity index (χ0) is 20.7. The highest BCUT2D eigenvalue weighted by molar-refractivity contribution is 7.15. The molecule has 1 aromatic carbocycles. The van der Waals surface area contributed by atoms with Crippen molar-refractivity contribution in [3.8, 4) is 10.8 Å². The maximum Gasteiger partial charge on any atom is 0.322 e. The van der Waals surface area contributed by atoms with Crippen LogP contribution in [0.2, 0.25) is 0 Å². The van der Waals surface area contributed by atoms with Crippen LogP contribution in [0.1, 0.15) is 53.9 Å². The molecule has 3 aromatic rings. The Balaban J connectivity index is 1.57. The summed E-state index contributed by atoms with van der Waals surface area (Å²) in [6, 6.07) is 11.8. The van der Waals surface area contributed by atoms with Gasteiger partial charge in [-0.15, -0.1) is 11.3 Å². The first-order chi connectivity index (χ1) is 14.7. The Morgan fingerprint density at radius 1 is 1.17 bits per heavy atom. The number of carbonyl (C=O) groups is 1. The minimum atomic E-state index is -0.0808. The molecule has 0 saturated carbocycles. The molecular weight excluding hydrogens is 394 g/mol. The van der Waals surface area contributed by atoms with Crippen LogP contribution in [0.4, 0.5) is 10.5 Å². The lowest BCUT2D eigenvalue weighted by Crippen LogP contribution is -2.37. The molecule has 0 spiro atoms. The van der Waals surface area contributed by atoms with Gasteiger partial charge in [0, 0.05) is 22.3 Å². The van der Waals surface area contributed by atoms with E-state index in [1.807, 2.05) is 40.5 Å². The Kier molecular flexibility index (Phi) is 5.03. The molecule has 1 N–H and O–H groups in total. The summed E-state index contributed by atoms with van der Waals surface area (Å²) in [7, 11) is 1.63. The van der Waals surface area contributed by atoms with Crippen molar-refractivity contribution in [2.75, 3.05) is 12.4 Å². The van der Waals surface area contributed by atoms with Gasteiger partial charge in [-0.1, -0.05) is 19.1 Å². The second-order valence-electron chi connectivity index (χ2n) is 7.98. The van der Waals surface area contributed by atoms with Gasteiger partial charge in [0.25, 0.3) is 0 Å². The van der Waals surface area contributed by atoms with Crippen LogP contribution in [-0.4, -0.2) is 22.6 Å². The van der Waals surface area contributed by atoms with Crippen molar-refractivity contribution in [3.05, 3.63) is 64.3 Å². The van der Waals surface area contributed by atoms with Crippen LogP contribution >= 0.6 is 11.3 Å². The third-order valence-corrected chi connectivity index (χ3v) is 7.63. The lowest BCUT2D eigenvalue weighted by Gasteiger charge is -2.30. The number of aromatic nitrogens is 1. The standard InChI is InChI=1S/C24H27N3O2S/c1-3-19-20-11-8-14-26(20)23-17(16-9-4-7-13-22(16)30-23)15-27(19)24(28)25-18-10-5-6-12-21(18)29-2/h5-6,8,10-12,14,19H,3-4,7,9,13,15H2,1-2H3,(H,25,28)/t19-/m1/s1. The predicted octanol–water partition coefficient (Wildman–Crippen LogP) is 5.93. The summed E-state index contributed by atoms with van der Waals surface area (Å²) < 4.78 is 7.76. The third-order valence-electron chi connectivity index (χ3n) is 6.30. The summed E-state index contributed by atoms with van der Waals surface area (Å²) in [5.74, 6) is 0.672. The Bertz CT molecular complexity index is 1080. The minimum Gasteiger partial charge on any atom is -0.495 e. The fourth-order valence-corrected chi connectivity index (χ4v) is 6.25. The number of hydrogen-bond acceptors (Lipinski definition) is 3. The topological polar surface area (TPSA) is 46.5 Å². The first-order valence-electron chi connectivity index (χ1n) is 10.7. The number of aryl methyl sites for hydroxylation is 1. The maximum absolute atomic E-state index is 13.5. The SMILES string of the molecule is CC[C@@H]1c2cccn2-c2sc3c(c2CN1C(=O)Nc1ccccc1OC)CCCC3. The number of ether oxygens (including phenoxy) is 1. The summed E-state index contributed by atoms with van der Waals surface area (Å²) in [5.41, 5.74) is 4.70. The van der Waals surface area contributed by atoms with Crippen LogP contribution < -0.4 is 10.1 Å². The smallest absolute Gasteiger partial charge is 0.322 e. The first kappa shape index (κ1) is 19.2. The van der Waals surface area contributed by atoms with E-state index >= 15 is 0 Å². The summed E-state index contributed by atoms with van der Waals surface area (Å²) in [6.07, 6.45) is 7.80. The van der Waals surface area contributed by atoms with Crippen LogP contribution in [0, 0.1) is 0 Å². The van der Waals surface area contributed by atoms with E-state index in [9.17, 15) is 4.79 Å². The Morgan fingerprint density at radius 3 is 2.83 bits per heavy atom. The second kappa shape index (κ2) is 7.84. The minimum absolute atomic E-state index is 0.0218. The Labute approximate surface area is 181 Å². The molecule has 0 radical (unpaired) electrons. The van der Waals surface area contributed by atoms with E-state index in [-0.39, 0.29) is 12.1 Å². The molecule has 0 bridgehead atoms. The van der Waals surface area contributed by atoms with E-state index in [2.05, 4.69) is 35.1 Å².